The molecule has 9 amide bonds. The minimum Gasteiger partial charge on any atom is -0.480 e. The van der Waals surface area contributed by atoms with Crippen LogP contribution in [0.1, 0.15) is 113 Å². The summed E-state index contributed by atoms with van der Waals surface area (Å²) < 4.78 is 10.5. The first-order valence-corrected chi connectivity index (χ1v) is 36.1. The lowest BCUT2D eigenvalue weighted by atomic mass is 9.81. The van der Waals surface area contributed by atoms with Crippen LogP contribution in [0.5, 0.6) is 0 Å². The molecule has 6 rings (SSSR count). The zero-order valence-corrected chi connectivity index (χ0v) is 60.5. The Hall–Kier alpha value is -10.5. The van der Waals surface area contributed by atoms with Crippen LogP contribution >= 0.6 is 0 Å². The number of benzene rings is 2. The number of hydrogen-bond donors (Lipinski definition) is 15. The summed E-state index contributed by atoms with van der Waals surface area (Å²) in [7, 11) is 0. The number of aliphatic carboxylic acids is 5. The third-order valence-electron chi connectivity index (χ3n) is 18.7. The number of nitrogens with one attached hydrogen (secondary N) is 9. The number of ether oxygens (including phenoxy) is 2. The van der Waals surface area contributed by atoms with Gasteiger partial charge in [0.25, 0.3) is 5.91 Å². The van der Waals surface area contributed by atoms with E-state index in [4.69, 9.17) is 14.6 Å². The van der Waals surface area contributed by atoms with Gasteiger partial charge in [-0.1, -0.05) is 42.5 Å². The highest BCUT2D eigenvalue weighted by molar-refractivity contribution is 5.99. The molecule has 0 radical (unpaired) electrons. The van der Waals surface area contributed by atoms with E-state index < -0.39 is 151 Å². The molecule has 3 heterocycles. The number of pyridine rings is 1. The number of fused-ring (bicyclic) bond motifs is 1. The smallest absolute Gasteiger partial charge is 0.331 e. The van der Waals surface area contributed by atoms with Crippen LogP contribution in [-0.2, 0) is 78.2 Å². The summed E-state index contributed by atoms with van der Waals surface area (Å²) in [6.45, 7) is 2.62. The first kappa shape index (κ1) is 86.4. The Kier molecular flexibility index (Phi) is 35.7. The first-order valence-electron chi connectivity index (χ1n) is 36.1. The number of aliphatic hydroxyl groups is 1. The number of aliphatic hydroxyl groups excluding tert-OH is 1. The summed E-state index contributed by atoms with van der Waals surface area (Å²) in [5, 5.41) is 83.5. The van der Waals surface area contributed by atoms with Gasteiger partial charge in [0.05, 0.1) is 32.8 Å². The van der Waals surface area contributed by atoms with Crippen LogP contribution in [0.15, 0.2) is 67.0 Å². The van der Waals surface area contributed by atoms with E-state index in [2.05, 4.69) is 52.8 Å². The average Bonchev–Trinajstić information content (AvgIpc) is 1.73. The molecule has 108 heavy (non-hydrogen) atoms. The second-order valence-electron chi connectivity index (χ2n) is 26.8. The molecule has 1 aromatic heterocycles. The molecule has 0 bridgehead atoms. The molecular formula is C71H100N14O23. The number of nitrogens with zero attached hydrogens (tertiary/aromatic N) is 5. The van der Waals surface area contributed by atoms with Crippen LogP contribution in [0.3, 0.4) is 0 Å². The van der Waals surface area contributed by atoms with Gasteiger partial charge in [-0.05, 0) is 118 Å². The van der Waals surface area contributed by atoms with Gasteiger partial charge in [-0.15, -0.1) is 0 Å². The predicted molar refractivity (Wildman–Crippen MR) is 381 cm³/mol. The van der Waals surface area contributed by atoms with Gasteiger partial charge in [0.1, 0.15) is 42.3 Å². The highest BCUT2D eigenvalue weighted by Crippen LogP contribution is 2.29. The van der Waals surface area contributed by atoms with Crippen molar-refractivity contribution in [3.63, 3.8) is 0 Å². The highest BCUT2D eigenvalue weighted by atomic mass is 16.7. The number of carboxylic acid groups (broad SMARTS) is 5. The third-order valence-corrected chi connectivity index (χ3v) is 18.7. The molecule has 2 saturated heterocycles. The van der Waals surface area contributed by atoms with Crippen molar-refractivity contribution in [3.05, 3.63) is 78.1 Å². The summed E-state index contributed by atoms with van der Waals surface area (Å²) in [5.74, 6) is -12.6. The molecule has 0 spiro atoms. The molecule has 1 aliphatic carbocycles. The maximum Gasteiger partial charge on any atom is 0.331 e. The molecule has 37 heteroatoms. The fourth-order valence-corrected chi connectivity index (χ4v) is 12.9. The molecule has 1 unspecified atom stereocenters. The predicted octanol–water partition coefficient (Wildman–Crippen LogP) is -1.80. The Bertz CT molecular complexity index is 3600. The van der Waals surface area contributed by atoms with Gasteiger partial charge in [-0.3, -0.25) is 67.5 Å². The SMILES string of the molecule is CC(OC(=O)CC[C@H](NC(=O)N[C@@H](CCCCNC(=O)[C@H](Cc1ccc2ccccc2c1)NC(=O)[C@H]1CC[C@H](CNC(=O)CNCCN(CCN(CCNCC(=O)O)CC(=O)O)CC(=O)O)CC1)C(=O)O)C(=O)O)OC(=O)[C@@H]1CCCN1C(=O)[C@H](CO)NC(=O)[C@@H]1CCCN1C(=O)[C@@H](C)NC(=O)c1ccncc1. The van der Waals surface area contributed by atoms with Gasteiger partial charge in [-0.25, -0.2) is 19.2 Å². The Morgan fingerprint density at radius 2 is 1.17 bits per heavy atom. The van der Waals surface area contributed by atoms with Crippen molar-refractivity contribution in [3.8, 4) is 0 Å². The molecule has 2 aromatic carbocycles. The fraction of sp³-hybridized carbons (Fsp3) is 0.577. The number of hydrogen-bond acceptors (Lipinski definition) is 23. The van der Waals surface area contributed by atoms with E-state index in [9.17, 15) is 97.5 Å². The summed E-state index contributed by atoms with van der Waals surface area (Å²) in [5.41, 5.74) is 1.03. The lowest BCUT2D eigenvalue weighted by molar-refractivity contribution is -0.188. The number of aromatic nitrogens is 1. The van der Waals surface area contributed by atoms with Gasteiger partial charge in [-0.2, -0.15) is 0 Å². The van der Waals surface area contributed by atoms with Crippen molar-refractivity contribution >= 4 is 99.9 Å². The summed E-state index contributed by atoms with van der Waals surface area (Å²) in [4.78, 5) is 201. The van der Waals surface area contributed by atoms with Crippen LogP contribution in [0.25, 0.3) is 10.8 Å². The van der Waals surface area contributed by atoms with Gasteiger partial charge < -0.3 is 97.8 Å². The number of amides is 9. The molecule has 592 valence electrons. The molecule has 8 atom stereocenters. The number of carbonyl (C=O) groups excluding carboxylic acids is 10. The van der Waals surface area contributed by atoms with E-state index in [1.165, 1.54) is 43.3 Å². The number of likely N-dealkylation sites (tertiary alicyclic amines) is 2. The summed E-state index contributed by atoms with van der Waals surface area (Å²) in [6, 6.07) is 5.91. The van der Waals surface area contributed by atoms with Gasteiger partial charge in [0.2, 0.25) is 41.7 Å². The average molecular weight is 1520 g/mol. The van der Waals surface area contributed by atoms with Crippen molar-refractivity contribution in [2.75, 3.05) is 98.2 Å². The number of carbonyl (C=O) groups is 15. The van der Waals surface area contributed by atoms with Gasteiger partial charge in [0, 0.05) is 109 Å². The topological polar surface area (TPSA) is 530 Å². The Balaban J connectivity index is 0.896. The molecule has 2 aliphatic heterocycles. The van der Waals surface area contributed by atoms with Crippen molar-refractivity contribution in [1.82, 2.24) is 72.4 Å². The van der Waals surface area contributed by atoms with Crippen LogP contribution in [0, 0.1) is 11.8 Å². The molecule has 3 fully saturated rings. The number of esters is 2. The molecular weight excluding hydrogens is 1420 g/mol. The number of unbranched alkanes of at least 4 members (excludes halogenated alkanes) is 1. The van der Waals surface area contributed by atoms with Crippen LogP contribution in [-0.4, -0.2) is 291 Å². The maximum atomic E-state index is 13.9. The number of rotatable bonds is 46. The molecule has 15 N–H and O–H groups in total. The van der Waals surface area contributed by atoms with E-state index in [0.717, 1.165) is 21.2 Å². The quantitative estimate of drug-likeness (QED) is 0.0169. The van der Waals surface area contributed by atoms with Crippen molar-refractivity contribution in [2.24, 2.45) is 11.8 Å². The normalized spacial score (nSPS) is 17.9. The number of carboxylic acids is 5. The molecule has 1 saturated carbocycles. The monoisotopic (exact) mass is 1520 g/mol. The van der Waals surface area contributed by atoms with E-state index in [0.29, 0.717) is 45.1 Å². The standard InChI is InChI=1S/C71H100N14O23/c1-43(77-62(95)49-22-25-72-26-23-49)66(99)84-29-7-12-55(84)65(98)79-54(42-86)67(100)85-30-8-13-56(85)70(105)108-44(2)107-61(94)21-20-52(69(103)104)81-71(106)80-51(68(101)102)11-5-6-24-75-64(97)53(36-46-16-17-47-9-3-4-10-50(47)35-46)78-63(96)48-18-14-45(15-19-48)37-76-57(87)38-73-27-31-82(40-59(90)91)33-34-83(41-60(92)93)32-28-74-39-58(88)89/h3-4,9-10,16-17,22-23,25-26,35,43-45,48,51-56,73-74,86H,5-8,11-15,18-21,24,27-34,36-42H2,1-2H3,(H,75,97)(H,76,87)(H,77,95)(H,78,96)(H,79,98)(H,88,89)(H,90,91)(H,92,93)(H,101,102)(H,103,104)(H2,80,81,106)/t43-,44?,45-,48-,51+,52+,53+,54+,55+,56+/m1/s1. The zero-order valence-electron chi connectivity index (χ0n) is 60.5. The highest BCUT2D eigenvalue weighted by Gasteiger charge is 2.42. The van der Waals surface area contributed by atoms with Crippen LogP contribution in [0.4, 0.5) is 4.79 Å². The minimum atomic E-state index is -1.74. The second-order valence-corrected chi connectivity index (χ2v) is 26.8. The number of urea groups is 1. The van der Waals surface area contributed by atoms with E-state index >= 15 is 0 Å². The minimum absolute atomic E-state index is 0.0192. The van der Waals surface area contributed by atoms with Gasteiger partial charge >= 0.3 is 47.8 Å². The van der Waals surface area contributed by atoms with Crippen LogP contribution < -0.4 is 47.9 Å². The molecule has 3 aliphatic rings. The second kappa shape index (κ2) is 44.6. The van der Waals surface area contributed by atoms with E-state index in [1.807, 2.05) is 42.5 Å². The first-order chi connectivity index (χ1) is 51.6. The van der Waals surface area contributed by atoms with E-state index in [1.54, 1.807) is 9.80 Å². The third kappa shape index (κ3) is 29.3. The van der Waals surface area contributed by atoms with Gasteiger partial charge in [0.15, 0.2) is 0 Å². The lowest BCUT2D eigenvalue weighted by Gasteiger charge is -2.30. The van der Waals surface area contributed by atoms with E-state index in [-0.39, 0.29) is 147 Å². The van der Waals surface area contributed by atoms with Crippen molar-refractivity contribution in [2.45, 2.75) is 152 Å². The summed E-state index contributed by atoms with van der Waals surface area (Å²) in [6.07, 6.45) is 3.59. The summed E-state index contributed by atoms with van der Waals surface area (Å²) >= 11 is 0. The van der Waals surface area contributed by atoms with Crippen LogP contribution in [0.2, 0.25) is 0 Å². The molecule has 3 aromatic rings. The lowest BCUT2D eigenvalue weighted by Crippen LogP contribution is -2.58. The Morgan fingerprint density at radius 1 is 0.574 bits per heavy atom. The van der Waals surface area contributed by atoms with Crippen molar-refractivity contribution in [1.29, 1.82) is 0 Å². The van der Waals surface area contributed by atoms with Crippen molar-refractivity contribution < 1.29 is 112 Å². The Labute approximate surface area is 622 Å². The maximum absolute atomic E-state index is 13.9. The molecule has 37 nitrogen and oxygen atoms in total. The largest absolute Gasteiger partial charge is 0.480 e. The fourth-order valence-electron chi connectivity index (χ4n) is 12.9. The zero-order chi connectivity index (χ0) is 78.8. The Morgan fingerprint density at radius 3 is 1.78 bits per heavy atom.